The lowest BCUT2D eigenvalue weighted by molar-refractivity contribution is -0.142. The summed E-state index contributed by atoms with van der Waals surface area (Å²) in [5.74, 6) is -1.58. The van der Waals surface area contributed by atoms with Crippen LogP contribution in [0.3, 0.4) is 0 Å². The van der Waals surface area contributed by atoms with Gasteiger partial charge in [-0.25, -0.2) is 18.2 Å². The molecule has 4 bridgehead atoms. The SMILES string of the molecule is C=C[C@@H]1C[C@]1(CC(=O)[C@@H]1C[C@@H]2CN1C(=O)[C@H](C(C)(C)C)NC(=O)OCCCCCc1ccc3ccnc(c3c1)O2)C(=O)NS(=O)(=O)C1CC1. The lowest BCUT2D eigenvalue weighted by atomic mass is 9.85. The molecule has 12 nitrogen and oxygen atoms in total. The van der Waals surface area contributed by atoms with Crippen LogP contribution in [0, 0.1) is 16.7 Å². The first kappa shape index (κ1) is 34.8. The lowest BCUT2D eigenvalue weighted by Gasteiger charge is -2.35. The van der Waals surface area contributed by atoms with Crippen molar-refractivity contribution in [1.82, 2.24) is 19.9 Å². The van der Waals surface area contributed by atoms with Crippen molar-refractivity contribution >= 4 is 44.5 Å². The Morgan fingerprint density at radius 2 is 1.94 bits per heavy atom. The van der Waals surface area contributed by atoms with Crippen LogP contribution >= 0.6 is 0 Å². The van der Waals surface area contributed by atoms with E-state index in [0.717, 1.165) is 35.6 Å². The topological polar surface area (TPSA) is 161 Å². The van der Waals surface area contributed by atoms with Crippen molar-refractivity contribution in [1.29, 1.82) is 0 Å². The molecule has 49 heavy (non-hydrogen) atoms. The number of fused-ring (bicyclic) bond motifs is 3. The zero-order valence-electron chi connectivity index (χ0n) is 28.4. The van der Waals surface area contributed by atoms with Crippen LogP contribution in [0.15, 0.2) is 43.1 Å². The minimum absolute atomic E-state index is 0.0381. The molecule has 5 atom stereocenters. The number of aryl methyl sites for hydroxylation is 1. The smallest absolute Gasteiger partial charge is 0.407 e. The van der Waals surface area contributed by atoms with E-state index >= 15 is 0 Å². The average Bonchev–Trinajstić information content (AvgIpc) is 3.97. The van der Waals surface area contributed by atoms with Gasteiger partial charge in [0.25, 0.3) is 0 Å². The predicted octanol–water partition coefficient (Wildman–Crippen LogP) is 4.21. The molecule has 264 valence electrons. The van der Waals surface area contributed by atoms with Gasteiger partial charge in [0.15, 0.2) is 5.78 Å². The molecule has 3 fully saturated rings. The quantitative estimate of drug-likeness (QED) is 0.405. The van der Waals surface area contributed by atoms with Crippen molar-refractivity contribution in [2.45, 2.75) is 102 Å². The van der Waals surface area contributed by atoms with Gasteiger partial charge in [0.1, 0.15) is 12.1 Å². The highest BCUT2D eigenvalue weighted by molar-refractivity contribution is 7.90. The molecule has 4 aliphatic rings. The number of hydrogen-bond acceptors (Lipinski definition) is 9. The van der Waals surface area contributed by atoms with Crippen LogP contribution in [0.2, 0.25) is 0 Å². The Kier molecular flexibility index (Phi) is 9.51. The second-order valence-electron chi connectivity index (χ2n) is 15.1. The summed E-state index contributed by atoms with van der Waals surface area (Å²) in [6, 6.07) is 6.03. The molecule has 2 aromatic rings. The number of amides is 3. The molecule has 13 heteroatoms. The van der Waals surface area contributed by atoms with Gasteiger partial charge in [-0.2, -0.15) is 0 Å². The lowest BCUT2D eigenvalue weighted by Crippen LogP contribution is -2.57. The van der Waals surface area contributed by atoms with E-state index in [1.54, 1.807) is 12.3 Å². The average molecular weight is 695 g/mol. The Morgan fingerprint density at radius 3 is 2.63 bits per heavy atom. The zero-order valence-corrected chi connectivity index (χ0v) is 29.2. The van der Waals surface area contributed by atoms with Gasteiger partial charge in [0.2, 0.25) is 27.7 Å². The number of allylic oxidation sites excluding steroid dienone is 1. The van der Waals surface area contributed by atoms with Gasteiger partial charge in [-0.3, -0.25) is 19.1 Å². The highest BCUT2D eigenvalue weighted by Crippen LogP contribution is 2.57. The summed E-state index contributed by atoms with van der Waals surface area (Å²) in [5, 5.41) is 3.93. The monoisotopic (exact) mass is 694 g/mol. The minimum Gasteiger partial charge on any atom is -0.472 e. The zero-order chi connectivity index (χ0) is 35.1. The number of nitrogens with zero attached hydrogens (tertiary/aromatic N) is 2. The molecule has 0 spiro atoms. The summed E-state index contributed by atoms with van der Waals surface area (Å²) in [4.78, 5) is 61.1. The molecule has 1 aromatic carbocycles. The van der Waals surface area contributed by atoms with E-state index in [1.165, 1.54) is 4.90 Å². The number of sulfonamides is 1. The van der Waals surface area contributed by atoms with Crippen LogP contribution in [-0.4, -0.2) is 78.6 Å². The molecular formula is C36H46N4O8S. The fourth-order valence-electron chi connectivity index (χ4n) is 7.08. The van der Waals surface area contributed by atoms with E-state index in [-0.39, 0.29) is 38.3 Å². The third-order valence-corrected chi connectivity index (χ3v) is 12.1. The maximum absolute atomic E-state index is 14.4. The Labute approximate surface area is 287 Å². The van der Waals surface area contributed by atoms with Crippen LogP contribution in [0.1, 0.15) is 77.7 Å². The predicted molar refractivity (Wildman–Crippen MR) is 182 cm³/mol. The van der Waals surface area contributed by atoms with E-state index < -0.39 is 68.0 Å². The highest BCUT2D eigenvalue weighted by atomic mass is 32.2. The molecule has 3 amide bonds. The maximum Gasteiger partial charge on any atom is 0.407 e. The Hall–Kier alpha value is -4.00. The first-order chi connectivity index (χ1) is 23.2. The fraction of sp³-hybridized carbons (Fsp3) is 0.583. The molecule has 1 aromatic heterocycles. The van der Waals surface area contributed by atoms with E-state index in [9.17, 15) is 27.6 Å². The number of rotatable bonds is 7. The number of nitrogens with one attached hydrogen (secondary N) is 2. The number of benzene rings is 1. The van der Waals surface area contributed by atoms with Crippen LogP contribution in [0.25, 0.3) is 10.8 Å². The largest absolute Gasteiger partial charge is 0.472 e. The third-order valence-electron chi connectivity index (χ3n) is 10.3. The first-order valence-corrected chi connectivity index (χ1v) is 18.8. The number of Topliss-reactive ketones (excluding diaryl/α,β-unsaturated/α-hetero) is 1. The van der Waals surface area contributed by atoms with Gasteiger partial charge in [-0.1, -0.05) is 39.0 Å². The second kappa shape index (κ2) is 13.4. The molecule has 0 radical (unpaired) electrons. The van der Waals surface area contributed by atoms with Crippen molar-refractivity contribution in [2.24, 2.45) is 16.7 Å². The molecule has 2 N–H and O–H groups in total. The van der Waals surface area contributed by atoms with E-state index in [1.807, 2.05) is 32.9 Å². The van der Waals surface area contributed by atoms with Gasteiger partial charge < -0.3 is 19.7 Å². The number of aromatic nitrogens is 1. The molecule has 3 heterocycles. The molecule has 2 saturated carbocycles. The fourth-order valence-corrected chi connectivity index (χ4v) is 8.47. The van der Waals surface area contributed by atoms with Gasteiger partial charge in [-0.15, -0.1) is 6.58 Å². The number of alkyl carbamates (subject to hydrolysis) is 1. The van der Waals surface area contributed by atoms with Crippen LogP contribution in [-0.2, 0) is 35.6 Å². The van der Waals surface area contributed by atoms with Gasteiger partial charge in [0, 0.05) is 24.4 Å². The minimum atomic E-state index is -3.84. The van der Waals surface area contributed by atoms with Gasteiger partial charge >= 0.3 is 6.09 Å². The molecule has 0 unspecified atom stereocenters. The number of ketones is 1. The number of carbonyl (C=O) groups is 4. The second-order valence-corrected chi connectivity index (χ2v) is 17.0. The van der Waals surface area contributed by atoms with Crippen molar-refractivity contribution in [3.05, 3.63) is 48.7 Å². The number of carbonyl (C=O) groups excluding carboxylic acids is 4. The first-order valence-electron chi connectivity index (χ1n) is 17.2. The van der Waals surface area contributed by atoms with Gasteiger partial charge in [0.05, 0.1) is 29.9 Å². The van der Waals surface area contributed by atoms with Gasteiger partial charge in [-0.05, 0) is 79.4 Å². The molecule has 2 aliphatic heterocycles. The van der Waals surface area contributed by atoms with Crippen LogP contribution in [0.4, 0.5) is 4.79 Å². The number of pyridine rings is 1. The van der Waals surface area contributed by atoms with Crippen molar-refractivity contribution in [3.63, 3.8) is 0 Å². The van der Waals surface area contributed by atoms with Crippen molar-refractivity contribution in [2.75, 3.05) is 13.2 Å². The van der Waals surface area contributed by atoms with Crippen molar-refractivity contribution in [3.8, 4) is 5.88 Å². The van der Waals surface area contributed by atoms with E-state index in [4.69, 9.17) is 9.47 Å². The van der Waals surface area contributed by atoms with E-state index in [0.29, 0.717) is 25.1 Å². The van der Waals surface area contributed by atoms with Crippen molar-refractivity contribution < 1.29 is 37.1 Å². The van der Waals surface area contributed by atoms with E-state index in [2.05, 4.69) is 33.7 Å². The normalized spacial score (nSPS) is 28.1. The molecular weight excluding hydrogens is 648 g/mol. The summed E-state index contributed by atoms with van der Waals surface area (Å²) in [5.41, 5.74) is -0.914. The summed E-state index contributed by atoms with van der Waals surface area (Å²) in [7, 11) is -3.84. The number of cyclic esters (lactones) is 1. The highest BCUT2D eigenvalue weighted by Gasteiger charge is 2.61. The van der Waals surface area contributed by atoms with Crippen LogP contribution < -0.4 is 14.8 Å². The maximum atomic E-state index is 14.4. The molecule has 2 aliphatic carbocycles. The number of hydrogen-bond donors (Lipinski definition) is 2. The van der Waals surface area contributed by atoms with Crippen LogP contribution in [0.5, 0.6) is 5.88 Å². The molecule has 1 saturated heterocycles. The Morgan fingerprint density at radius 1 is 1.16 bits per heavy atom. The Bertz CT molecular complexity index is 1770. The third kappa shape index (κ3) is 7.46. The summed E-state index contributed by atoms with van der Waals surface area (Å²) in [6.07, 6.45) is 6.24. The summed E-state index contributed by atoms with van der Waals surface area (Å²) >= 11 is 0. The standard InChI is InChI=1S/C36H46N4O8S/c1-5-24-19-36(24,33(43)39-49(45,46)26-12-13-26)20-29(41)28-18-25-21-40(28)32(42)30(35(2,3)4)38-34(44)47-16-8-6-7-9-22-10-11-23-14-15-37-31(48-25)27(23)17-22/h5,10-11,14-15,17,24-26,28,30H,1,6-9,12-13,16,18-21H2,2-4H3,(H,38,44)(H,39,43)/t24-,25-,28+,30-,36-/m1/s1. The Balaban J connectivity index is 1.32. The molecule has 6 rings (SSSR count). The summed E-state index contributed by atoms with van der Waals surface area (Å²) < 4.78 is 39.5. The summed E-state index contributed by atoms with van der Waals surface area (Å²) in [6.45, 7) is 9.50. The number of ether oxygens (including phenoxy) is 2.